The maximum Gasteiger partial charge on any atom is 0.309 e. The van der Waals surface area contributed by atoms with Crippen LogP contribution in [0.25, 0.3) is 0 Å². The highest BCUT2D eigenvalue weighted by Gasteiger charge is 2.25. The summed E-state index contributed by atoms with van der Waals surface area (Å²) in [6.07, 6.45) is 4.47. The number of para-hydroxylation sites is 1. The summed E-state index contributed by atoms with van der Waals surface area (Å²) in [5.74, 6) is 0.969. The lowest BCUT2D eigenvalue weighted by molar-refractivity contribution is -0.149. The Hall–Kier alpha value is -1.52. The average molecular weight is 354 g/mol. The molecule has 134 valence electrons. The van der Waals surface area contributed by atoms with Gasteiger partial charge in [-0.2, -0.15) is 0 Å². The molecule has 1 aromatic carbocycles. The second kappa shape index (κ2) is 11.1. The van der Waals surface area contributed by atoms with Gasteiger partial charge in [-0.25, -0.2) is 0 Å². The molecule has 0 spiro atoms. The molecule has 1 fully saturated rings. The summed E-state index contributed by atoms with van der Waals surface area (Å²) in [5.41, 5.74) is 1.17. The van der Waals surface area contributed by atoms with E-state index in [0.29, 0.717) is 13.2 Å². The number of allylic oxidation sites excluding steroid dienone is 1. The first-order valence-corrected chi connectivity index (χ1v) is 8.45. The van der Waals surface area contributed by atoms with E-state index in [-0.39, 0.29) is 24.3 Å². The first kappa shape index (κ1) is 20.5. The van der Waals surface area contributed by atoms with E-state index in [2.05, 4.69) is 17.5 Å². The van der Waals surface area contributed by atoms with Crippen molar-refractivity contribution in [1.29, 1.82) is 0 Å². The predicted molar refractivity (Wildman–Crippen MR) is 98.9 cm³/mol. The largest absolute Gasteiger partial charge is 0.492 e. The minimum absolute atomic E-state index is 0. The summed E-state index contributed by atoms with van der Waals surface area (Å²) in [5, 5.41) is 0. The van der Waals surface area contributed by atoms with Gasteiger partial charge in [-0.3, -0.25) is 9.69 Å². The van der Waals surface area contributed by atoms with Gasteiger partial charge in [-0.15, -0.1) is 19.0 Å². The van der Waals surface area contributed by atoms with Crippen molar-refractivity contribution in [1.82, 2.24) is 4.90 Å². The fourth-order valence-electron chi connectivity index (χ4n) is 2.91. The Morgan fingerprint density at radius 3 is 2.71 bits per heavy atom. The summed E-state index contributed by atoms with van der Waals surface area (Å²) in [6, 6.07) is 8.09. The van der Waals surface area contributed by atoms with Gasteiger partial charge >= 0.3 is 5.97 Å². The molecule has 0 N–H and O–H groups in total. The fourth-order valence-corrected chi connectivity index (χ4v) is 2.91. The van der Waals surface area contributed by atoms with E-state index in [1.165, 1.54) is 5.56 Å². The highest BCUT2D eigenvalue weighted by molar-refractivity contribution is 5.85. The van der Waals surface area contributed by atoms with Crippen LogP contribution in [-0.2, 0) is 16.0 Å². The van der Waals surface area contributed by atoms with E-state index in [1.54, 1.807) is 0 Å². The number of piperidine rings is 1. The minimum Gasteiger partial charge on any atom is -0.492 e. The Morgan fingerprint density at radius 1 is 1.33 bits per heavy atom. The van der Waals surface area contributed by atoms with Crippen LogP contribution < -0.4 is 4.74 Å². The Bertz CT molecular complexity index is 513. The van der Waals surface area contributed by atoms with Gasteiger partial charge in [0.1, 0.15) is 12.4 Å². The third-order valence-corrected chi connectivity index (χ3v) is 4.21. The second-order valence-electron chi connectivity index (χ2n) is 5.82. The summed E-state index contributed by atoms with van der Waals surface area (Å²) in [6.45, 7) is 9.52. The number of ether oxygens (including phenoxy) is 2. The van der Waals surface area contributed by atoms with Crippen molar-refractivity contribution in [2.75, 3.05) is 32.8 Å². The Labute approximate surface area is 151 Å². The van der Waals surface area contributed by atoms with Gasteiger partial charge in [0.05, 0.1) is 12.5 Å². The highest BCUT2D eigenvalue weighted by atomic mass is 35.5. The number of rotatable bonds is 8. The molecule has 0 aliphatic carbocycles. The van der Waals surface area contributed by atoms with Crippen molar-refractivity contribution in [3.8, 4) is 5.75 Å². The van der Waals surface area contributed by atoms with Crippen LogP contribution in [0.1, 0.15) is 25.3 Å². The van der Waals surface area contributed by atoms with E-state index in [9.17, 15) is 4.79 Å². The molecule has 1 saturated heterocycles. The molecule has 0 bridgehead atoms. The van der Waals surface area contributed by atoms with Gasteiger partial charge in [0, 0.05) is 6.54 Å². The lowest BCUT2D eigenvalue weighted by Gasteiger charge is -2.30. The number of hydrogen-bond donors (Lipinski definition) is 0. The zero-order valence-electron chi connectivity index (χ0n) is 14.4. The molecule has 1 aliphatic heterocycles. The van der Waals surface area contributed by atoms with Crippen LogP contribution >= 0.6 is 12.4 Å². The van der Waals surface area contributed by atoms with Crippen LogP contribution in [0.5, 0.6) is 5.75 Å². The molecular weight excluding hydrogens is 326 g/mol. The molecule has 1 heterocycles. The molecule has 1 aliphatic rings. The van der Waals surface area contributed by atoms with Gasteiger partial charge in [0.15, 0.2) is 0 Å². The molecule has 0 unspecified atom stereocenters. The van der Waals surface area contributed by atoms with Crippen molar-refractivity contribution in [2.45, 2.75) is 26.2 Å². The number of likely N-dealkylation sites (tertiary alicyclic amines) is 1. The molecule has 5 heteroatoms. The van der Waals surface area contributed by atoms with E-state index in [0.717, 1.165) is 44.6 Å². The quantitative estimate of drug-likeness (QED) is 0.529. The van der Waals surface area contributed by atoms with E-state index >= 15 is 0 Å². The number of esters is 1. The van der Waals surface area contributed by atoms with Gasteiger partial charge in [-0.1, -0.05) is 24.3 Å². The number of carbonyl (C=O) groups excluding carboxylic acids is 1. The number of carbonyl (C=O) groups is 1. The van der Waals surface area contributed by atoms with Gasteiger partial charge in [-0.05, 0) is 50.9 Å². The third kappa shape index (κ3) is 6.17. The van der Waals surface area contributed by atoms with Crippen LogP contribution in [0.15, 0.2) is 36.9 Å². The van der Waals surface area contributed by atoms with Crippen molar-refractivity contribution < 1.29 is 14.3 Å². The fraction of sp³-hybridized carbons (Fsp3) is 0.526. The highest BCUT2D eigenvalue weighted by Crippen LogP contribution is 2.20. The molecule has 0 radical (unpaired) electrons. The van der Waals surface area contributed by atoms with E-state index in [1.807, 2.05) is 31.2 Å². The molecule has 0 atom stereocenters. The molecule has 2 rings (SSSR count). The average Bonchev–Trinajstić information content (AvgIpc) is 2.57. The van der Waals surface area contributed by atoms with Crippen LogP contribution in [0.2, 0.25) is 0 Å². The summed E-state index contributed by atoms with van der Waals surface area (Å²) >= 11 is 0. The first-order chi connectivity index (χ1) is 11.2. The monoisotopic (exact) mass is 353 g/mol. The van der Waals surface area contributed by atoms with Crippen LogP contribution in [0.3, 0.4) is 0 Å². The minimum atomic E-state index is -0.0400. The number of nitrogens with zero attached hydrogens (tertiary/aromatic N) is 1. The molecule has 0 aromatic heterocycles. The number of hydrogen-bond acceptors (Lipinski definition) is 4. The maximum absolute atomic E-state index is 11.7. The molecule has 0 saturated carbocycles. The predicted octanol–water partition coefficient (Wildman–Crippen LogP) is 3.49. The first-order valence-electron chi connectivity index (χ1n) is 8.45. The summed E-state index contributed by atoms with van der Waals surface area (Å²) in [4.78, 5) is 14.1. The second-order valence-corrected chi connectivity index (χ2v) is 5.82. The zero-order chi connectivity index (χ0) is 16.5. The van der Waals surface area contributed by atoms with Gasteiger partial charge in [0.25, 0.3) is 0 Å². The Balaban J connectivity index is 0.00000288. The number of halogens is 1. The summed E-state index contributed by atoms with van der Waals surface area (Å²) in [7, 11) is 0. The Kier molecular flexibility index (Phi) is 9.50. The summed E-state index contributed by atoms with van der Waals surface area (Å²) < 4.78 is 11.0. The van der Waals surface area contributed by atoms with Crippen molar-refractivity contribution >= 4 is 18.4 Å². The van der Waals surface area contributed by atoms with Crippen LogP contribution in [0.4, 0.5) is 0 Å². The lowest BCUT2D eigenvalue weighted by atomic mass is 9.97. The van der Waals surface area contributed by atoms with Crippen molar-refractivity contribution in [3.63, 3.8) is 0 Å². The van der Waals surface area contributed by atoms with E-state index in [4.69, 9.17) is 9.47 Å². The SMILES string of the molecule is C=CCc1ccccc1OCCN1CCC(C(=O)OCC)CC1.Cl. The molecule has 24 heavy (non-hydrogen) atoms. The standard InChI is InChI=1S/C19H27NO3.ClH/c1-3-7-16-8-5-6-9-18(16)23-15-14-20-12-10-17(11-13-20)19(21)22-4-2;/h3,5-6,8-9,17H,1,4,7,10-15H2,2H3;1H. The van der Waals surface area contributed by atoms with Gasteiger partial charge in [0.2, 0.25) is 0 Å². The van der Waals surface area contributed by atoms with E-state index < -0.39 is 0 Å². The van der Waals surface area contributed by atoms with Gasteiger partial charge < -0.3 is 9.47 Å². The van der Waals surface area contributed by atoms with Crippen molar-refractivity contribution in [3.05, 3.63) is 42.5 Å². The molecule has 0 amide bonds. The zero-order valence-corrected chi connectivity index (χ0v) is 15.2. The third-order valence-electron chi connectivity index (χ3n) is 4.21. The Morgan fingerprint density at radius 2 is 2.04 bits per heavy atom. The maximum atomic E-state index is 11.7. The lowest BCUT2D eigenvalue weighted by Crippen LogP contribution is -2.39. The van der Waals surface area contributed by atoms with Crippen LogP contribution in [-0.4, -0.2) is 43.7 Å². The molecular formula is C19H28ClNO3. The molecule has 1 aromatic rings. The molecule has 4 nitrogen and oxygen atoms in total. The van der Waals surface area contributed by atoms with Crippen molar-refractivity contribution in [2.24, 2.45) is 5.92 Å². The number of benzene rings is 1. The topological polar surface area (TPSA) is 38.8 Å². The van der Waals surface area contributed by atoms with Crippen LogP contribution in [0, 0.1) is 5.92 Å². The normalized spacial score (nSPS) is 15.4. The smallest absolute Gasteiger partial charge is 0.309 e.